The van der Waals surface area contributed by atoms with Gasteiger partial charge in [-0.15, -0.1) is 0 Å². The predicted molar refractivity (Wildman–Crippen MR) is 97.8 cm³/mol. The van der Waals surface area contributed by atoms with Gasteiger partial charge in [-0.25, -0.2) is 14.4 Å². The zero-order chi connectivity index (χ0) is 19.4. The molecule has 0 aromatic carbocycles. The van der Waals surface area contributed by atoms with Crippen LogP contribution < -0.4 is 10.5 Å². The number of rotatable bonds is 6. The number of carbonyl (C=O) groups excluding carboxylic acids is 1. The van der Waals surface area contributed by atoms with E-state index >= 15 is 0 Å². The molecular formula is C19H16FN5O2. The summed E-state index contributed by atoms with van der Waals surface area (Å²) >= 11 is 0. The van der Waals surface area contributed by atoms with Crippen molar-refractivity contribution in [1.82, 2.24) is 15.0 Å². The minimum atomic E-state index is -0.624. The second kappa shape index (κ2) is 7.66. The predicted octanol–water partition coefficient (Wildman–Crippen LogP) is 2.80. The molecule has 0 radical (unpaired) electrons. The molecule has 0 saturated heterocycles. The summed E-state index contributed by atoms with van der Waals surface area (Å²) in [6, 6.07) is 5.12. The van der Waals surface area contributed by atoms with Gasteiger partial charge in [-0.05, 0) is 25.1 Å². The first-order chi connectivity index (χ1) is 13.0. The maximum Gasteiger partial charge on any atom is 0.250 e. The minimum absolute atomic E-state index is 0.0617. The Morgan fingerprint density at radius 3 is 2.85 bits per heavy atom. The van der Waals surface area contributed by atoms with E-state index < -0.39 is 11.7 Å². The highest BCUT2D eigenvalue weighted by Gasteiger charge is 2.11. The summed E-state index contributed by atoms with van der Waals surface area (Å²) in [5.41, 5.74) is 7.66. The number of amides is 1. The Morgan fingerprint density at radius 1 is 1.41 bits per heavy atom. The third-order valence-corrected chi connectivity index (χ3v) is 3.82. The van der Waals surface area contributed by atoms with Crippen LogP contribution in [0.3, 0.4) is 0 Å². The van der Waals surface area contributed by atoms with E-state index in [2.05, 4.69) is 15.0 Å². The second-order valence-electron chi connectivity index (χ2n) is 5.95. The Hall–Kier alpha value is -3.73. The van der Waals surface area contributed by atoms with Crippen LogP contribution in [0.1, 0.15) is 12.5 Å². The summed E-state index contributed by atoms with van der Waals surface area (Å²) in [7, 11) is 0. The number of pyridine rings is 2. The molecule has 8 heteroatoms. The number of fused-ring (bicyclic) bond motifs is 1. The molecule has 136 valence electrons. The normalized spacial score (nSPS) is 12.2. The van der Waals surface area contributed by atoms with Gasteiger partial charge in [0.1, 0.15) is 12.3 Å². The zero-order valence-corrected chi connectivity index (χ0v) is 14.4. The van der Waals surface area contributed by atoms with Crippen LogP contribution in [0.4, 0.5) is 4.39 Å². The van der Waals surface area contributed by atoms with Crippen LogP contribution in [0.25, 0.3) is 28.2 Å². The molecule has 0 spiro atoms. The number of halogens is 1. The average Bonchev–Trinajstić information content (AvgIpc) is 3.07. The van der Waals surface area contributed by atoms with Crippen molar-refractivity contribution in [3.63, 3.8) is 0 Å². The Kier molecular flexibility index (Phi) is 5.13. The van der Waals surface area contributed by atoms with E-state index in [0.717, 1.165) is 10.9 Å². The third kappa shape index (κ3) is 4.10. The van der Waals surface area contributed by atoms with Crippen molar-refractivity contribution in [3.05, 3.63) is 48.2 Å². The van der Waals surface area contributed by atoms with E-state index in [1.54, 1.807) is 25.4 Å². The lowest BCUT2D eigenvalue weighted by atomic mass is 10.1. The van der Waals surface area contributed by atoms with Gasteiger partial charge in [0.15, 0.2) is 5.82 Å². The number of nitriles is 1. The van der Waals surface area contributed by atoms with Crippen molar-refractivity contribution in [2.45, 2.75) is 6.92 Å². The first-order valence-corrected chi connectivity index (χ1v) is 8.11. The average molecular weight is 365 g/mol. The molecule has 3 aromatic heterocycles. The summed E-state index contributed by atoms with van der Waals surface area (Å²) < 4.78 is 19.5. The molecule has 3 N–H and O–H groups in total. The van der Waals surface area contributed by atoms with Crippen LogP contribution in [0, 0.1) is 23.1 Å². The molecule has 0 bridgehead atoms. The van der Waals surface area contributed by atoms with Gasteiger partial charge in [0, 0.05) is 46.7 Å². The lowest BCUT2D eigenvalue weighted by Crippen LogP contribution is -2.08. The van der Waals surface area contributed by atoms with Crippen molar-refractivity contribution in [2.75, 3.05) is 6.61 Å². The molecular weight excluding hydrogens is 349 g/mol. The summed E-state index contributed by atoms with van der Waals surface area (Å²) in [5.74, 6) is -1.69. The summed E-state index contributed by atoms with van der Waals surface area (Å²) in [5, 5.41) is 9.51. The Labute approximate surface area is 154 Å². The molecule has 0 saturated carbocycles. The third-order valence-electron chi connectivity index (χ3n) is 3.82. The Bertz CT molecular complexity index is 1070. The number of H-pyrrole nitrogens is 1. The summed E-state index contributed by atoms with van der Waals surface area (Å²) in [4.78, 5) is 22.2. The number of nitrogens with two attached hydrogens (primary N) is 1. The van der Waals surface area contributed by atoms with E-state index in [-0.39, 0.29) is 18.4 Å². The SMILES string of the molecule is C[C@@H](C#N)COc1ncc(-c2cnc3[nH]cc(/C=C/C(N)=O)c3c2)cc1F. The highest BCUT2D eigenvalue weighted by Crippen LogP contribution is 2.27. The molecule has 0 aliphatic heterocycles. The molecule has 0 unspecified atom stereocenters. The number of nitrogens with zero attached hydrogens (tertiary/aromatic N) is 3. The van der Waals surface area contributed by atoms with Crippen LogP contribution in [0.15, 0.2) is 36.8 Å². The number of aromatic amines is 1. The highest BCUT2D eigenvalue weighted by atomic mass is 19.1. The van der Waals surface area contributed by atoms with Gasteiger partial charge in [-0.1, -0.05) is 0 Å². The highest BCUT2D eigenvalue weighted by molar-refractivity contribution is 5.95. The minimum Gasteiger partial charge on any atom is -0.474 e. The van der Waals surface area contributed by atoms with Crippen LogP contribution in [-0.4, -0.2) is 27.5 Å². The fourth-order valence-electron chi connectivity index (χ4n) is 2.42. The fraction of sp³-hybridized carbons (Fsp3) is 0.158. The quantitative estimate of drug-likeness (QED) is 0.651. The van der Waals surface area contributed by atoms with E-state index in [1.807, 2.05) is 12.1 Å². The molecule has 3 aromatic rings. The Morgan fingerprint density at radius 2 is 2.15 bits per heavy atom. The van der Waals surface area contributed by atoms with Crippen molar-refractivity contribution >= 4 is 23.0 Å². The number of hydrogen-bond acceptors (Lipinski definition) is 5. The lowest BCUT2D eigenvalue weighted by Gasteiger charge is -2.08. The molecule has 1 amide bonds. The van der Waals surface area contributed by atoms with Crippen LogP contribution in [0.2, 0.25) is 0 Å². The standard InChI is InChI=1S/C19H16FN5O2/c1-11(6-21)10-27-19-16(20)5-14(9-25-19)13-4-15-12(2-3-17(22)26)7-23-18(15)24-8-13/h2-5,7-9,11H,10H2,1H3,(H2,22,26)(H,23,24)/b3-2+/t11-/m0/s1. The van der Waals surface area contributed by atoms with Crippen LogP contribution in [-0.2, 0) is 4.79 Å². The summed E-state index contributed by atoms with van der Waals surface area (Å²) in [6.45, 7) is 1.74. The van der Waals surface area contributed by atoms with Gasteiger partial charge in [-0.3, -0.25) is 4.79 Å². The van der Waals surface area contributed by atoms with E-state index in [4.69, 9.17) is 15.7 Å². The number of ether oxygens (including phenoxy) is 1. The van der Waals surface area contributed by atoms with Gasteiger partial charge in [0.2, 0.25) is 11.8 Å². The smallest absolute Gasteiger partial charge is 0.250 e. The Balaban J connectivity index is 1.91. The molecule has 1 atom stereocenters. The summed E-state index contributed by atoms with van der Waals surface area (Å²) in [6.07, 6.45) is 7.61. The molecule has 7 nitrogen and oxygen atoms in total. The van der Waals surface area contributed by atoms with Crippen LogP contribution in [0.5, 0.6) is 5.88 Å². The van der Waals surface area contributed by atoms with E-state index in [0.29, 0.717) is 16.8 Å². The monoisotopic (exact) mass is 365 g/mol. The van der Waals surface area contributed by atoms with Crippen LogP contribution >= 0.6 is 0 Å². The first-order valence-electron chi connectivity index (χ1n) is 8.11. The molecule has 3 rings (SSSR count). The van der Waals surface area contributed by atoms with Gasteiger partial charge in [-0.2, -0.15) is 5.26 Å². The van der Waals surface area contributed by atoms with Crippen molar-refractivity contribution in [2.24, 2.45) is 11.7 Å². The number of nitrogens with one attached hydrogen (secondary N) is 1. The second-order valence-corrected chi connectivity index (χ2v) is 5.95. The lowest BCUT2D eigenvalue weighted by molar-refractivity contribution is -0.113. The number of carbonyl (C=O) groups is 1. The molecule has 0 fully saturated rings. The maximum absolute atomic E-state index is 14.3. The van der Waals surface area contributed by atoms with Crippen molar-refractivity contribution < 1.29 is 13.9 Å². The first kappa shape index (κ1) is 18.1. The fourth-order valence-corrected chi connectivity index (χ4v) is 2.42. The van der Waals surface area contributed by atoms with Crippen molar-refractivity contribution in [1.29, 1.82) is 5.26 Å². The van der Waals surface area contributed by atoms with Gasteiger partial charge in [0.05, 0.1) is 12.0 Å². The van der Waals surface area contributed by atoms with Gasteiger partial charge in [0.25, 0.3) is 0 Å². The number of primary amides is 1. The zero-order valence-electron chi connectivity index (χ0n) is 14.4. The number of aromatic nitrogens is 3. The van der Waals surface area contributed by atoms with Gasteiger partial charge >= 0.3 is 0 Å². The molecule has 0 aliphatic rings. The van der Waals surface area contributed by atoms with E-state index in [9.17, 15) is 9.18 Å². The number of hydrogen-bond donors (Lipinski definition) is 2. The molecule has 0 aliphatic carbocycles. The largest absolute Gasteiger partial charge is 0.474 e. The molecule has 27 heavy (non-hydrogen) atoms. The van der Waals surface area contributed by atoms with E-state index in [1.165, 1.54) is 18.3 Å². The maximum atomic E-state index is 14.3. The molecule has 3 heterocycles. The van der Waals surface area contributed by atoms with Gasteiger partial charge < -0.3 is 15.5 Å². The topological polar surface area (TPSA) is 118 Å². The van der Waals surface area contributed by atoms with Crippen molar-refractivity contribution in [3.8, 4) is 23.1 Å².